The van der Waals surface area contributed by atoms with Crippen molar-refractivity contribution < 1.29 is 14.3 Å². The van der Waals surface area contributed by atoms with Crippen LogP contribution < -0.4 is 16.0 Å². The van der Waals surface area contributed by atoms with Gasteiger partial charge in [-0.3, -0.25) is 14.5 Å². The Balaban J connectivity index is 1.01. The number of hydrogen-bond donors (Lipinski definition) is 4. The fraction of sp³-hybridized carbons (Fsp3) is 0.333. The largest absolute Gasteiger partial charge is 0.379 e. The van der Waals surface area contributed by atoms with Gasteiger partial charge in [-0.05, 0) is 56.0 Å². The summed E-state index contributed by atoms with van der Waals surface area (Å²) < 4.78 is 5.34. The number of hydrogen-bond acceptors (Lipinski definition) is 7. The molecular weight excluding hydrogens is 578 g/mol. The van der Waals surface area contributed by atoms with Gasteiger partial charge in [-0.1, -0.05) is 35.9 Å². The molecule has 6 rings (SSSR count). The Morgan fingerprint density at radius 1 is 1.07 bits per heavy atom. The van der Waals surface area contributed by atoms with Crippen LogP contribution >= 0.6 is 11.6 Å². The highest BCUT2D eigenvalue weighted by molar-refractivity contribution is 6.33. The van der Waals surface area contributed by atoms with Gasteiger partial charge in [-0.2, -0.15) is 0 Å². The zero-order valence-corrected chi connectivity index (χ0v) is 25.1. The van der Waals surface area contributed by atoms with E-state index in [1.807, 2.05) is 36.5 Å². The lowest BCUT2D eigenvalue weighted by atomic mass is 9.91. The molecule has 44 heavy (non-hydrogen) atoms. The molecule has 1 saturated carbocycles. The van der Waals surface area contributed by atoms with Crippen LogP contribution in [0.15, 0.2) is 73.1 Å². The van der Waals surface area contributed by atoms with E-state index < -0.39 is 0 Å². The summed E-state index contributed by atoms with van der Waals surface area (Å²) in [6.07, 6.45) is 10.5. The van der Waals surface area contributed by atoms with Crippen LogP contribution in [-0.4, -0.2) is 76.6 Å². The smallest absolute Gasteiger partial charge is 0.251 e. The van der Waals surface area contributed by atoms with Crippen molar-refractivity contribution in [1.29, 1.82) is 0 Å². The van der Waals surface area contributed by atoms with Crippen LogP contribution in [-0.2, 0) is 9.53 Å². The SMILES string of the molecule is O=C(C=CCN1CCOCC1)Nc1ccc(C(=O)N[C@H]2CCC[C@@H](Nc3ncc(Cl)c(-c4c[nH]c5ccccc45)n3)C2)cc1. The first-order valence-corrected chi connectivity index (χ1v) is 15.4. The third kappa shape index (κ3) is 7.45. The molecule has 2 aromatic heterocycles. The number of rotatable bonds is 9. The van der Waals surface area contributed by atoms with Crippen molar-refractivity contribution in [2.75, 3.05) is 43.5 Å². The summed E-state index contributed by atoms with van der Waals surface area (Å²) in [5.41, 5.74) is 3.80. The molecule has 1 aliphatic heterocycles. The maximum Gasteiger partial charge on any atom is 0.251 e. The van der Waals surface area contributed by atoms with E-state index in [0.29, 0.717) is 34.5 Å². The van der Waals surface area contributed by atoms with Crippen molar-refractivity contribution in [3.8, 4) is 11.3 Å². The average Bonchev–Trinajstić information content (AvgIpc) is 3.47. The lowest BCUT2D eigenvalue weighted by Crippen LogP contribution is -2.42. The minimum absolute atomic E-state index is 0.0186. The summed E-state index contributed by atoms with van der Waals surface area (Å²) in [5.74, 6) is 0.179. The minimum Gasteiger partial charge on any atom is -0.379 e. The fourth-order valence-electron chi connectivity index (χ4n) is 5.78. The van der Waals surface area contributed by atoms with E-state index in [1.54, 1.807) is 36.5 Å². The molecule has 2 aliphatic rings. The van der Waals surface area contributed by atoms with Crippen molar-refractivity contribution in [1.82, 2.24) is 25.2 Å². The maximum atomic E-state index is 13.0. The van der Waals surface area contributed by atoms with Crippen LogP contribution in [0.1, 0.15) is 36.0 Å². The van der Waals surface area contributed by atoms with E-state index in [1.165, 1.54) is 0 Å². The zero-order valence-electron chi connectivity index (χ0n) is 24.4. The van der Waals surface area contributed by atoms with Crippen molar-refractivity contribution in [3.05, 3.63) is 83.7 Å². The highest BCUT2D eigenvalue weighted by Gasteiger charge is 2.25. The predicted molar refractivity (Wildman–Crippen MR) is 173 cm³/mol. The number of aromatic nitrogens is 3. The maximum absolute atomic E-state index is 13.0. The molecule has 1 aliphatic carbocycles. The molecule has 0 unspecified atom stereocenters. The number of carbonyl (C=O) groups is 2. The average molecular weight is 614 g/mol. The van der Waals surface area contributed by atoms with Gasteiger partial charge in [0.2, 0.25) is 11.9 Å². The van der Waals surface area contributed by atoms with E-state index in [2.05, 4.69) is 30.8 Å². The molecule has 1 saturated heterocycles. The number of para-hydroxylation sites is 1. The quantitative estimate of drug-likeness (QED) is 0.190. The number of H-pyrrole nitrogens is 1. The van der Waals surface area contributed by atoms with Gasteiger partial charge in [0.1, 0.15) is 0 Å². The number of carbonyl (C=O) groups excluding carboxylic acids is 2. The summed E-state index contributed by atoms with van der Waals surface area (Å²) in [4.78, 5) is 40.0. The topological polar surface area (TPSA) is 124 Å². The number of nitrogens with zero attached hydrogens (tertiary/aromatic N) is 3. The fourth-order valence-corrected chi connectivity index (χ4v) is 5.97. The van der Waals surface area contributed by atoms with E-state index in [0.717, 1.165) is 68.5 Å². The van der Waals surface area contributed by atoms with E-state index in [4.69, 9.17) is 21.3 Å². The van der Waals surface area contributed by atoms with Crippen molar-refractivity contribution >= 4 is 46.0 Å². The third-order valence-electron chi connectivity index (χ3n) is 8.08. The molecule has 4 aromatic rings. The lowest BCUT2D eigenvalue weighted by Gasteiger charge is -2.30. The molecule has 11 heteroatoms. The first-order valence-electron chi connectivity index (χ1n) is 15.1. The van der Waals surface area contributed by atoms with Gasteiger partial charge in [-0.25, -0.2) is 9.97 Å². The summed E-state index contributed by atoms with van der Waals surface area (Å²) in [5, 5.41) is 11.0. The Bertz CT molecular complexity index is 1630. The van der Waals surface area contributed by atoms with Gasteiger partial charge in [0.25, 0.3) is 5.91 Å². The molecule has 3 heterocycles. The number of nitrogens with one attached hydrogen (secondary N) is 4. The molecule has 2 atom stereocenters. The number of halogens is 1. The Hall–Kier alpha value is -4.25. The molecule has 0 bridgehead atoms. The van der Waals surface area contributed by atoms with Crippen LogP contribution in [0.3, 0.4) is 0 Å². The number of amides is 2. The van der Waals surface area contributed by atoms with Crippen LogP contribution in [0.25, 0.3) is 22.2 Å². The van der Waals surface area contributed by atoms with E-state index >= 15 is 0 Å². The monoisotopic (exact) mass is 613 g/mol. The zero-order chi connectivity index (χ0) is 30.3. The first kappa shape index (κ1) is 29.8. The number of fused-ring (bicyclic) bond motifs is 1. The molecule has 4 N–H and O–H groups in total. The summed E-state index contributed by atoms with van der Waals surface area (Å²) in [6.45, 7) is 3.91. The first-order chi connectivity index (χ1) is 21.5. The molecule has 2 aromatic carbocycles. The Morgan fingerprint density at radius 2 is 1.86 bits per heavy atom. The second-order valence-electron chi connectivity index (χ2n) is 11.2. The Morgan fingerprint density at radius 3 is 2.70 bits per heavy atom. The van der Waals surface area contributed by atoms with Crippen LogP contribution in [0.2, 0.25) is 5.02 Å². The molecule has 2 fully saturated rings. The van der Waals surface area contributed by atoms with E-state index in [-0.39, 0.29) is 23.9 Å². The number of benzene rings is 2. The number of morpholine rings is 1. The molecule has 0 spiro atoms. The highest BCUT2D eigenvalue weighted by Crippen LogP contribution is 2.32. The van der Waals surface area contributed by atoms with Gasteiger partial charge in [0, 0.05) is 71.7 Å². The van der Waals surface area contributed by atoms with Gasteiger partial charge >= 0.3 is 0 Å². The summed E-state index contributed by atoms with van der Waals surface area (Å²) >= 11 is 6.51. The second kappa shape index (κ2) is 14.0. The van der Waals surface area contributed by atoms with Gasteiger partial charge in [0.05, 0.1) is 30.1 Å². The normalized spacial score (nSPS) is 19.2. The lowest BCUT2D eigenvalue weighted by molar-refractivity contribution is -0.111. The number of aromatic amines is 1. The third-order valence-corrected chi connectivity index (χ3v) is 8.36. The molecule has 2 amide bonds. The highest BCUT2D eigenvalue weighted by atomic mass is 35.5. The van der Waals surface area contributed by atoms with Crippen LogP contribution in [0.5, 0.6) is 0 Å². The van der Waals surface area contributed by atoms with Gasteiger partial charge < -0.3 is 25.7 Å². The molecular formula is C33H36ClN7O3. The Kier molecular flexibility index (Phi) is 9.50. The van der Waals surface area contributed by atoms with Gasteiger partial charge in [0.15, 0.2) is 0 Å². The number of ether oxygens (including phenoxy) is 1. The minimum atomic E-state index is -0.200. The van der Waals surface area contributed by atoms with E-state index in [9.17, 15) is 9.59 Å². The van der Waals surface area contributed by atoms with Crippen LogP contribution in [0.4, 0.5) is 11.6 Å². The van der Waals surface area contributed by atoms with Crippen molar-refractivity contribution in [2.45, 2.75) is 37.8 Å². The predicted octanol–water partition coefficient (Wildman–Crippen LogP) is 5.26. The van der Waals surface area contributed by atoms with Crippen molar-refractivity contribution in [3.63, 3.8) is 0 Å². The molecule has 10 nitrogen and oxygen atoms in total. The standard InChI is InChI=1S/C33H36ClN7O3/c34-28-21-36-33(40-31(28)27-20-35-29-8-2-1-7-26(27)29)39-25-6-3-5-24(19-25)38-32(43)22-10-12-23(13-11-22)37-30(42)9-4-14-41-15-17-44-18-16-41/h1-2,4,7-13,20-21,24-25,35H,3,5-6,14-19H2,(H,37,42)(H,38,43)(H,36,39,40)/t24-,25+/m0/s1. The Labute approximate surface area is 261 Å². The van der Waals surface area contributed by atoms with Crippen molar-refractivity contribution in [2.24, 2.45) is 0 Å². The van der Waals surface area contributed by atoms with Crippen LogP contribution in [0, 0.1) is 0 Å². The second-order valence-corrected chi connectivity index (χ2v) is 11.6. The number of anilines is 2. The molecule has 0 radical (unpaired) electrons. The summed E-state index contributed by atoms with van der Waals surface area (Å²) in [6, 6.07) is 15.1. The van der Waals surface area contributed by atoms with Gasteiger partial charge in [-0.15, -0.1) is 0 Å². The summed E-state index contributed by atoms with van der Waals surface area (Å²) in [7, 11) is 0. The molecule has 228 valence electrons.